The van der Waals surface area contributed by atoms with E-state index in [1.54, 1.807) is 6.07 Å². The molecule has 37 heavy (non-hydrogen) atoms. The van der Waals surface area contributed by atoms with Gasteiger partial charge in [-0.25, -0.2) is 14.4 Å². The normalized spacial score (nSPS) is 18.9. The van der Waals surface area contributed by atoms with Crippen molar-refractivity contribution in [1.29, 1.82) is 0 Å². The van der Waals surface area contributed by atoms with Gasteiger partial charge in [0, 0.05) is 31.3 Å². The van der Waals surface area contributed by atoms with Gasteiger partial charge in [0.15, 0.2) is 11.6 Å². The molecule has 1 aromatic carbocycles. The molecule has 4 heterocycles. The van der Waals surface area contributed by atoms with Crippen LogP contribution in [0.2, 0.25) is 5.02 Å². The third kappa shape index (κ3) is 5.62. The number of piperidine rings is 1. The summed E-state index contributed by atoms with van der Waals surface area (Å²) in [6.45, 7) is 6.36. The van der Waals surface area contributed by atoms with Gasteiger partial charge in [-0.1, -0.05) is 17.7 Å². The first-order chi connectivity index (χ1) is 17.8. The zero-order chi connectivity index (χ0) is 26.1. The highest BCUT2D eigenvalue weighted by Gasteiger charge is 2.33. The number of H-pyrrole nitrogens is 1. The quantitative estimate of drug-likeness (QED) is 0.483. The lowest BCUT2D eigenvalue weighted by atomic mass is 9.85. The largest absolute Gasteiger partial charge is 0.341 e. The van der Waals surface area contributed by atoms with Crippen LogP contribution in [0.15, 0.2) is 24.4 Å². The van der Waals surface area contributed by atoms with E-state index >= 15 is 4.39 Å². The van der Waals surface area contributed by atoms with Gasteiger partial charge >= 0.3 is 0 Å². The summed E-state index contributed by atoms with van der Waals surface area (Å²) < 4.78 is 15.3. The fraction of sp³-hybridized carbons (Fsp3) is 0.481. The Hall–Kier alpha value is -3.04. The summed E-state index contributed by atoms with van der Waals surface area (Å²) in [5.41, 5.74) is 3.53. The lowest BCUT2D eigenvalue weighted by Gasteiger charge is -2.35. The van der Waals surface area contributed by atoms with Crippen molar-refractivity contribution in [3.05, 3.63) is 63.4 Å². The second kappa shape index (κ2) is 10.8. The molecule has 0 unspecified atom stereocenters. The molecule has 0 spiro atoms. The molecule has 0 radical (unpaired) electrons. The van der Waals surface area contributed by atoms with E-state index < -0.39 is 0 Å². The van der Waals surface area contributed by atoms with Gasteiger partial charge in [-0.15, -0.1) is 0 Å². The summed E-state index contributed by atoms with van der Waals surface area (Å²) in [6.07, 6.45) is 5.49. The molecular formula is C27H33ClFN7O. The van der Waals surface area contributed by atoms with Crippen LogP contribution in [0.4, 0.5) is 16.0 Å². The molecule has 0 saturated carbocycles. The minimum Gasteiger partial charge on any atom is -0.341 e. The van der Waals surface area contributed by atoms with Crippen LogP contribution in [0.3, 0.4) is 0 Å². The summed E-state index contributed by atoms with van der Waals surface area (Å²) in [6, 6.07) is 5.42. The number of likely N-dealkylation sites (tertiary alicyclic amines) is 2. The third-order valence-corrected chi connectivity index (χ3v) is 7.86. The Labute approximate surface area is 221 Å². The van der Waals surface area contributed by atoms with Gasteiger partial charge in [-0.05, 0) is 81.8 Å². The number of aromatic nitrogens is 4. The zero-order valence-corrected chi connectivity index (χ0v) is 22.3. The Morgan fingerprint density at radius 2 is 1.97 bits per heavy atom. The summed E-state index contributed by atoms with van der Waals surface area (Å²) in [5, 5.41) is 10.4. The average Bonchev–Trinajstić information content (AvgIpc) is 3.50. The number of amides is 1. The highest BCUT2D eigenvalue weighted by molar-refractivity contribution is 6.32. The number of hydrogen-bond acceptors (Lipinski definition) is 6. The van der Waals surface area contributed by atoms with Crippen LogP contribution in [0.25, 0.3) is 0 Å². The van der Waals surface area contributed by atoms with Crippen LogP contribution in [0, 0.1) is 19.7 Å². The van der Waals surface area contributed by atoms with Crippen LogP contribution in [0.1, 0.15) is 59.8 Å². The number of halogens is 2. The predicted octanol–water partition coefficient (Wildman–Crippen LogP) is 4.74. The van der Waals surface area contributed by atoms with Crippen molar-refractivity contribution in [2.75, 3.05) is 32.0 Å². The molecule has 2 aliphatic heterocycles. The van der Waals surface area contributed by atoms with E-state index in [1.807, 2.05) is 37.9 Å². The van der Waals surface area contributed by atoms with Gasteiger partial charge in [0.1, 0.15) is 16.7 Å². The summed E-state index contributed by atoms with van der Waals surface area (Å²) in [5.74, 6) is 1.72. The molecule has 3 aromatic rings. The van der Waals surface area contributed by atoms with Crippen molar-refractivity contribution in [3.63, 3.8) is 0 Å². The lowest BCUT2D eigenvalue weighted by molar-refractivity contribution is -0.136. The number of rotatable bonds is 6. The number of likely N-dealkylation sites (N-methyl/N-ethyl adjacent to an activating group) is 1. The number of carbonyl (C=O) groups excluding carboxylic acids is 1. The molecule has 1 atom stereocenters. The molecular weight excluding hydrogens is 493 g/mol. The van der Waals surface area contributed by atoms with Gasteiger partial charge in [-0.2, -0.15) is 5.10 Å². The first-order valence-electron chi connectivity index (χ1n) is 12.9. The maximum Gasteiger partial charge on any atom is 0.239 e. The van der Waals surface area contributed by atoms with E-state index in [0.717, 1.165) is 62.1 Å². The van der Waals surface area contributed by atoms with Crippen LogP contribution in [-0.2, 0) is 11.2 Å². The van der Waals surface area contributed by atoms with E-state index in [9.17, 15) is 4.79 Å². The highest BCUT2D eigenvalue weighted by Crippen LogP contribution is 2.33. The van der Waals surface area contributed by atoms with E-state index in [1.165, 1.54) is 6.20 Å². The number of aryl methyl sites for hydroxylation is 2. The average molecular weight is 526 g/mol. The number of nitrogens with one attached hydrogen (secondary N) is 2. The van der Waals surface area contributed by atoms with Crippen LogP contribution in [-0.4, -0.2) is 68.6 Å². The third-order valence-electron chi connectivity index (χ3n) is 7.58. The fourth-order valence-corrected chi connectivity index (χ4v) is 5.66. The summed E-state index contributed by atoms with van der Waals surface area (Å²) in [7, 11) is 2.03. The fourth-order valence-electron chi connectivity index (χ4n) is 5.53. The maximum atomic E-state index is 15.3. The zero-order valence-electron chi connectivity index (χ0n) is 21.5. The first kappa shape index (κ1) is 25.6. The topological polar surface area (TPSA) is 90.0 Å². The molecule has 8 nitrogen and oxygen atoms in total. The van der Waals surface area contributed by atoms with Crippen molar-refractivity contribution >= 4 is 29.1 Å². The Morgan fingerprint density at radius 3 is 2.65 bits per heavy atom. The Kier molecular flexibility index (Phi) is 7.44. The molecule has 10 heteroatoms. The molecule has 2 aliphatic rings. The predicted molar refractivity (Wildman–Crippen MR) is 142 cm³/mol. The van der Waals surface area contributed by atoms with Crippen molar-refractivity contribution in [3.8, 4) is 0 Å². The first-order valence-corrected chi connectivity index (χ1v) is 13.2. The molecule has 2 N–H and O–H groups in total. The minimum atomic E-state index is -0.261. The molecule has 0 aliphatic carbocycles. The second-order valence-corrected chi connectivity index (χ2v) is 10.7. The smallest absolute Gasteiger partial charge is 0.239 e. The number of hydrogen-bond donors (Lipinski definition) is 2. The lowest BCUT2D eigenvalue weighted by Crippen LogP contribution is -2.47. The second-order valence-electron chi connectivity index (χ2n) is 10.3. The number of benzene rings is 1. The van der Waals surface area contributed by atoms with E-state index in [2.05, 4.69) is 30.4 Å². The number of carbonyl (C=O) groups is 1. The van der Waals surface area contributed by atoms with E-state index in [0.29, 0.717) is 28.0 Å². The molecule has 2 fully saturated rings. The SMILES string of the molecule is Cc1cc(Nc2nc(Cc3cc(C)c(C4CCN(C(=O)[C@H]5CCCN5C)CC4)cc3F)ncc2Cl)n[nH]1. The van der Waals surface area contributed by atoms with Gasteiger partial charge in [0.05, 0.1) is 12.2 Å². The number of aromatic amines is 1. The highest BCUT2D eigenvalue weighted by atomic mass is 35.5. The van der Waals surface area contributed by atoms with Crippen molar-refractivity contribution in [2.45, 2.75) is 57.9 Å². The van der Waals surface area contributed by atoms with Crippen molar-refractivity contribution < 1.29 is 9.18 Å². The van der Waals surface area contributed by atoms with Gasteiger partial charge < -0.3 is 10.2 Å². The molecule has 1 amide bonds. The van der Waals surface area contributed by atoms with Crippen LogP contribution < -0.4 is 5.32 Å². The van der Waals surface area contributed by atoms with Gasteiger partial charge in [-0.3, -0.25) is 14.8 Å². The Morgan fingerprint density at radius 1 is 1.19 bits per heavy atom. The minimum absolute atomic E-state index is 0.0178. The van der Waals surface area contributed by atoms with E-state index in [-0.39, 0.29) is 30.1 Å². The summed E-state index contributed by atoms with van der Waals surface area (Å²) in [4.78, 5) is 25.9. The molecule has 2 saturated heterocycles. The molecule has 196 valence electrons. The van der Waals surface area contributed by atoms with Crippen LogP contribution in [0.5, 0.6) is 0 Å². The number of nitrogens with zero attached hydrogens (tertiary/aromatic N) is 5. The van der Waals surface area contributed by atoms with Crippen molar-refractivity contribution in [1.82, 2.24) is 30.0 Å². The van der Waals surface area contributed by atoms with Crippen molar-refractivity contribution in [2.24, 2.45) is 0 Å². The van der Waals surface area contributed by atoms with Gasteiger partial charge in [0.2, 0.25) is 5.91 Å². The van der Waals surface area contributed by atoms with Crippen LogP contribution >= 0.6 is 11.6 Å². The Balaban J connectivity index is 1.25. The standard InChI is InChI=1S/C27H33ClFN7O/c1-16-11-19(13-24-30-15-21(28)26(31-24)32-25-12-17(2)33-34-25)22(29)14-20(16)18-6-9-36(10-7-18)27(37)23-5-4-8-35(23)3/h11-12,14-15,18,23H,4-10,13H2,1-3H3,(H2,30,31,32,33,34)/t23-/m1/s1. The molecule has 2 aromatic heterocycles. The number of anilines is 2. The van der Waals surface area contributed by atoms with E-state index in [4.69, 9.17) is 11.6 Å². The molecule has 0 bridgehead atoms. The molecule has 5 rings (SSSR count). The van der Waals surface area contributed by atoms with Gasteiger partial charge in [0.25, 0.3) is 0 Å². The Bertz CT molecular complexity index is 1290. The monoisotopic (exact) mass is 525 g/mol. The maximum absolute atomic E-state index is 15.3. The summed E-state index contributed by atoms with van der Waals surface area (Å²) >= 11 is 6.27.